The van der Waals surface area contributed by atoms with Gasteiger partial charge >= 0.3 is 6.18 Å². The molecule has 0 atom stereocenters. The van der Waals surface area contributed by atoms with Crippen LogP contribution in [0.2, 0.25) is 0 Å². The second-order valence-corrected chi connectivity index (χ2v) is 7.21. The molecule has 1 aromatic carbocycles. The number of aromatic nitrogens is 2. The van der Waals surface area contributed by atoms with Gasteiger partial charge < -0.3 is 9.42 Å². The Morgan fingerprint density at radius 3 is 2.50 bits per heavy atom. The van der Waals surface area contributed by atoms with Gasteiger partial charge in [0.05, 0.1) is 5.56 Å². The summed E-state index contributed by atoms with van der Waals surface area (Å²) in [6, 6.07) is 4.96. The minimum absolute atomic E-state index is 0.0971. The Morgan fingerprint density at radius 2 is 1.92 bits per heavy atom. The third-order valence-corrected chi connectivity index (χ3v) is 3.79. The summed E-state index contributed by atoms with van der Waals surface area (Å²) >= 11 is 0. The quantitative estimate of drug-likeness (QED) is 0.800. The molecule has 0 spiro atoms. The van der Waals surface area contributed by atoms with E-state index in [9.17, 15) is 18.0 Å². The molecule has 0 fully saturated rings. The minimum atomic E-state index is -4.40. The molecule has 0 aliphatic heterocycles. The Kier molecular flexibility index (Phi) is 5.73. The summed E-state index contributed by atoms with van der Waals surface area (Å²) in [6.45, 7) is 5.96. The van der Waals surface area contributed by atoms with Crippen molar-refractivity contribution >= 4 is 5.91 Å². The van der Waals surface area contributed by atoms with Gasteiger partial charge in [0.15, 0.2) is 5.82 Å². The van der Waals surface area contributed by atoms with Crippen LogP contribution in [0.4, 0.5) is 13.2 Å². The zero-order chi connectivity index (χ0) is 19.5. The van der Waals surface area contributed by atoms with Crippen LogP contribution in [0.15, 0.2) is 28.8 Å². The van der Waals surface area contributed by atoms with Gasteiger partial charge in [0.1, 0.15) is 0 Å². The second-order valence-electron chi connectivity index (χ2n) is 7.21. The van der Waals surface area contributed by atoms with Crippen molar-refractivity contribution in [2.45, 2.75) is 51.7 Å². The number of halogens is 3. The number of aryl methyl sites for hydroxylation is 1. The SMILES string of the molecule is CN(Cc1cccc(C(F)(F)F)c1)C(=O)CCc1nc(C(C)(C)C)no1. The van der Waals surface area contributed by atoms with Crippen LogP contribution in [-0.4, -0.2) is 28.0 Å². The molecule has 5 nitrogen and oxygen atoms in total. The van der Waals surface area contributed by atoms with Gasteiger partial charge in [0, 0.05) is 31.8 Å². The molecular weight excluding hydrogens is 347 g/mol. The van der Waals surface area contributed by atoms with Crippen LogP contribution < -0.4 is 0 Å². The fourth-order valence-corrected chi connectivity index (χ4v) is 2.27. The van der Waals surface area contributed by atoms with Crippen LogP contribution in [0.3, 0.4) is 0 Å². The van der Waals surface area contributed by atoms with Gasteiger partial charge in [-0.1, -0.05) is 38.1 Å². The van der Waals surface area contributed by atoms with Crippen LogP contribution in [-0.2, 0) is 29.4 Å². The van der Waals surface area contributed by atoms with Gasteiger partial charge in [-0.2, -0.15) is 18.2 Å². The van der Waals surface area contributed by atoms with E-state index in [1.165, 1.54) is 11.0 Å². The van der Waals surface area contributed by atoms with Crippen LogP contribution in [0.5, 0.6) is 0 Å². The zero-order valence-corrected chi connectivity index (χ0v) is 15.2. The number of hydrogen-bond donors (Lipinski definition) is 0. The lowest BCUT2D eigenvalue weighted by molar-refractivity contribution is -0.137. The first kappa shape index (κ1) is 19.9. The summed E-state index contributed by atoms with van der Waals surface area (Å²) in [5.74, 6) is 0.728. The highest BCUT2D eigenvalue weighted by molar-refractivity contribution is 5.76. The predicted octanol–water partition coefficient (Wildman–Crippen LogP) is 3.98. The van der Waals surface area contributed by atoms with Gasteiger partial charge in [-0.05, 0) is 17.7 Å². The molecule has 26 heavy (non-hydrogen) atoms. The fourth-order valence-electron chi connectivity index (χ4n) is 2.27. The lowest BCUT2D eigenvalue weighted by Crippen LogP contribution is -2.26. The second kappa shape index (κ2) is 7.47. The molecule has 0 N–H and O–H groups in total. The van der Waals surface area contributed by atoms with Gasteiger partial charge in [-0.15, -0.1) is 0 Å². The first-order valence-electron chi connectivity index (χ1n) is 8.20. The number of nitrogens with zero attached hydrogens (tertiary/aromatic N) is 3. The van der Waals surface area contributed by atoms with Crippen LogP contribution in [0, 0.1) is 0 Å². The molecule has 2 aromatic rings. The number of benzene rings is 1. The normalized spacial score (nSPS) is 12.3. The van der Waals surface area contributed by atoms with Crippen LogP contribution >= 0.6 is 0 Å². The number of alkyl halides is 3. The molecule has 0 saturated carbocycles. The van der Waals surface area contributed by atoms with Crippen molar-refractivity contribution in [2.75, 3.05) is 7.05 Å². The molecule has 1 heterocycles. The van der Waals surface area contributed by atoms with Crippen molar-refractivity contribution in [3.05, 3.63) is 47.1 Å². The summed E-state index contributed by atoms with van der Waals surface area (Å²) in [7, 11) is 1.55. The molecule has 0 aliphatic carbocycles. The molecule has 0 radical (unpaired) electrons. The Labute approximate surface area is 150 Å². The Morgan fingerprint density at radius 1 is 1.23 bits per heavy atom. The van der Waals surface area contributed by atoms with E-state index in [1.54, 1.807) is 13.1 Å². The highest BCUT2D eigenvalue weighted by atomic mass is 19.4. The van der Waals surface area contributed by atoms with Gasteiger partial charge in [0.2, 0.25) is 11.8 Å². The largest absolute Gasteiger partial charge is 0.416 e. The summed E-state index contributed by atoms with van der Waals surface area (Å²) in [5.41, 5.74) is -0.550. The van der Waals surface area contributed by atoms with Crippen molar-refractivity contribution in [1.29, 1.82) is 0 Å². The molecule has 0 saturated heterocycles. The third kappa shape index (κ3) is 5.31. The Balaban J connectivity index is 1.93. The highest BCUT2D eigenvalue weighted by Crippen LogP contribution is 2.29. The van der Waals surface area contributed by atoms with E-state index < -0.39 is 11.7 Å². The maximum atomic E-state index is 12.8. The number of rotatable bonds is 5. The van der Waals surface area contributed by atoms with Crippen molar-refractivity contribution in [2.24, 2.45) is 0 Å². The topological polar surface area (TPSA) is 59.2 Å². The monoisotopic (exact) mass is 369 g/mol. The number of carbonyl (C=O) groups excluding carboxylic acids is 1. The highest BCUT2D eigenvalue weighted by Gasteiger charge is 2.30. The van der Waals surface area contributed by atoms with E-state index in [-0.39, 0.29) is 30.7 Å². The molecule has 0 bridgehead atoms. The lowest BCUT2D eigenvalue weighted by Gasteiger charge is -2.18. The minimum Gasteiger partial charge on any atom is -0.341 e. The Bertz CT molecular complexity index is 764. The van der Waals surface area contributed by atoms with Gasteiger partial charge in [-0.3, -0.25) is 4.79 Å². The van der Waals surface area contributed by atoms with Crippen LogP contribution in [0.1, 0.15) is 50.0 Å². The first-order chi connectivity index (χ1) is 12.0. The lowest BCUT2D eigenvalue weighted by atomic mass is 9.96. The predicted molar refractivity (Wildman–Crippen MR) is 89.2 cm³/mol. The smallest absolute Gasteiger partial charge is 0.341 e. The third-order valence-electron chi connectivity index (χ3n) is 3.79. The Hall–Kier alpha value is -2.38. The molecule has 0 unspecified atom stereocenters. The van der Waals surface area contributed by atoms with E-state index in [4.69, 9.17) is 4.52 Å². The van der Waals surface area contributed by atoms with Gasteiger partial charge in [0.25, 0.3) is 0 Å². The molecule has 142 valence electrons. The molecule has 0 aliphatic rings. The van der Waals surface area contributed by atoms with Crippen molar-refractivity contribution < 1.29 is 22.5 Å². The number of hydrogen-bond acceptors (Lipinski definition) is 4. The number of carbonyl (C=O) groups is 1. The van der Waals surface area contributed by atoms with E-state index >= 15 is 0 Å². The zero-order valence-electron chi connectivity index (χ0n) is 15.2. The maximum Gasteiger partial charge on any atom is 0.416 e. The van der Waals surface area contributed by atoms with E-state index in [0.29, 0.717) is 17.3 Å². The van der Waals surface area contributed by atoms with Crippen LogP contribution in [0.25, 0.3) is 0 Å². The standard InChI is InChI=1S/C18H22F3N3O2/c1-17(2,3)16-22-14(26-23-16)8-9-15(25)24(4)11-12-6-5-7-13(10-12)18(19,20)21/h5-7,10H,8-9,11H2,1-4H3. The maximum absolute atomic E-state index is 12.8. The first-order valence-corrected chi connectivity index (χ1v) is 8.20. The van der Waals surface area contributed by atoms with Crippen molar-refractivity contribution in [3.8, 4) is 0 Å². The van der Waals surface area contributed by atoms with Gasteiger partial charge in [-0.25, -0.2) is 0 Å². The summed E-state index contributed by atoms with van der Waals surface area (Å²) < 4.78 is 43.4. The summed E-state index contributed by atoms with van der Waals surface area (Å²) in [5, 5.41) is 3.89. The molecule has 1 aromatic heterocycles. The summed E-state index contributed by atoms with van der Waals surface area (Å²) in [4.78, 5) is 17.9. The average molecular weight is 369 g/mol. The molecule has 8 heteroatoms. The van der Waals surface area contributed by atoms with E-state index in [2.05, 4.69) is 10.1 Å². The number of amides is 1. The summed E-state index contributed by atoms with van der Waals surface area (Å²) in [6.07, 6.45) is -3.97. The average Bonchev–Trinajstić information content (AvgIpc) is 3.01. The van der Waals surface area contributed by atoms with Crippen molar-refractivity contribution in [1.82, 2.24) is 15.0 Å². The molecule has 2 rings (SSSR count). The van der Waals surface area contributed by atoms with Crippen molar-refractivity contribution in [3.63, 3.8) is 0 Å². The van der Waals surface area contributed by atoms with E-state index in [0.717, 1.165) is 12.1 Å². The molecular formula is C18H22F3N3O2. The van der Waals surface area contributed by atoms with E-state index in [1.807, 2.05) is 20.8 Å². The molecule has 1 amide bonds. The fraction of sp³-hybridized carbons (Fsp3) is 0.500.